The third-order valence-electron chi connectivity index (χ3n) is 7.02. The van der Waals surface area contributed by atoms with Crippen LogP contribution in [0.2, 0.25) is 0 Å². The van der Waals surface area contributed by atoms with E-state index in [4.69, 9.17) is 26.7 Å². The summed E-state index contributed by atoms with van der Waals surface area (Å²) in [4.78, 5) is 35.3. The maximum atomic E-state index is 13.1. The normalized spacial score (nSPS) is 16.0. The van der Waals surface area contributed by atoms with Gasteiger partial charge in [0.05, 0.1) is 29.7 Å². The van der Waals surface area contributed by atoms with E-state index in [9.17, 15) is 9.59 Å². The van der Waals surface area contributed by atoms with Gasteiger partial charge in [-0.2, -0.15) is 0 Å². The molecule has 2 aromatic heterocycles. The lowest BCUT2D eigenvalue weighted by molar-refractivity contribution is -0.113. The Labute approximate surface area is 255 Å². The van der Waals surface area contributed by atoms with Crippen LogP contribution < -0.4 is 19.9 Å². The number of para-hydroxylation sites is 1. The number of thiophene rings is 1. The number of carbonyl (C=O) groups excluding carboxylic acids is 1. The number of methoxy groups -OCH3 is 1. The van der Waals surface area contributed by atoms with Crippen molar-refractivity contribution in [2.45, 2.75) is 30.8 Å². The number of aryl methyl sites for hydroxylation is 2. The average molecular weight is 622 g/mol. The highest BCUT2D eigenvalue weighted by molar-refractivity contribution is 8.27. The molecule has 6 rings (SSSR count). The van der Waals surface area contributed by atoms with Crippen LogP contribution in [0.5, 0.6) is 11.5 Å². The molecule has 0 saturated carbocycles. The summed E-state index contributed by atoms with van der Waals surface area (Å²) in [6.07, 6.45) is 6.14. The molecule has 1 saturated heterocycles. The van der Waals surface area contributed by atoms with E-state index in [0.29, 0.717) is 38.2 Å². The van der Waals surface area contributed by atoms with Crippen LogP contribution in [0.15, 0.2) is 63.4 Å². The predicted molar refractivity (Wildman–Crippen MR) is 173 cm³/mol. The minimum Gasteiger partial charge on any atom is -0.493 e. The number of thioether (sulfide) groups is 2. The molecule has 41 heavy (non-hydrogen) atoms. The first-order chi connectivity index (χ1) is 19.9. The molecule has 210 valence electrons. The van der Waals surface area contributed by atoms with Crippen LogP contribution in [-0.2, 0) is 24.7 Å². The third-order valence-corrected chi connectivity index (χ3v) is 10.5. The Morgan fingerprint density at radius 3 is 2.71 bits per heavy atom. The first kappa shape index (κ1) is 28.0. The lowest BCUT2D eigenvalue weighted by atomic mass is 9.97. The van der Waals surface area contributed by atoms with E-state index in [1.165, 1.54) is 40.4 Å². The molecule has 7 nitrogen and oxygen atoms in total. The number of aromatic nitrogens is 2. The second-order valence-electron chi connectivity index (χ2n) is 9.61. The fourth-order valence-corrected chi connectivity index (χ4v) is 8.38. The smallest absolute Gasteiger partial charge is 0.270 e. The minimum absolute atomic E-state index is 0.0377. The molecule has 3 heterocycles. The van der Waals surface area contributed by atoms with Crippen LogP contribution in [-0.4, -0.2) is 39.2 Å². The monoisotopic (exact) mass is 621 g/mol. The van der Waals surface area contributed by atoms with E-state index < -0.39 is 0 Å². The number of amides is 1. The van der Waals surface area contributed by atoms with Gasteiger partial charge in [-0.15, -0.1) is 11.3 Å². The number of benzene rings is 2. The first-order valence-electron chi connectivity index (χ1n) is 13.2. The molecular weight excluding hydrogens is 595 g/mol. The molecule has 2 aliphatic rings. The van der Waals surface area contributed by atoms with Gasteiger partial charge in [-0.05, 0) is 67.2 Å². The van der Waals surface area contributed by atoms with Gasteiger partial charge in [0.25, 0.3) is 11.5 Å². The molecule has 0 unspecified atom stereocenters. The zero-order valence-corrected chi connectivity index (χ0v) is 25.8. The maximum absolute atomic E-state index is 13.1. The summed E-state index contributed by atoms with van der Waals surface area (Å²) >= 11 is 9.92. The molecule has 2 aromatic carbocycles. The van der Waals surface area contributed by atoms with Crippen LogP contribution in [0.25, 0.3) is 16.3 Å². The van der Waals surface area contributed by atoms with Crippen molar-refractivity contribution in [3.63, 3.8) is 0 Å². The Kier molecular flexibility index (Phi) is 8.21. The molecule has 0 N–H and O–H groups in total. The third kappa shape index (κ3) is 5.55. The van der Waals surface area contributed by atoms with Crippen molar-refractivity contribution in [2.24, 2.45) is 7.05 Å². The van der Waals surface area contributed by atoms with Gasteiger partial charge in [0.15, 0.2) is 21.0 Å². The highest BCUT2D eigenvalue weighted by atomic mass is 32.2. The van der Waals surface area contributed by atoms with Crippen LogP contribution in [0.3, 0.4) is 0 Å². The Bertz CT molecular complexity index is 1750. The SMILES string of the molecule is COc1cc(/C=C2\SC(=S)N(c3ccccc3)C2=O)ccc1OCCSc1nc2sc3c(c2c(=O)n1C)CCCC3. The molecule has 1 aliphatic heterocycles. The van der Waals surface area contributed by atoms with Crippen LogP contribution in [0.1, 0.15) is 28.8 Å². The molecule has 1 amide bonds. The van der Waals surface area contributed by atoms with E-state index in [2.05, 4.69) is 0 Å². The van der Waals surface area contributed by atoms with E-state index in [1.807, 2.05) is 54.6 Å². The van der Waals surface area contributed by atoms with E-state index in [-0.39, 0.29) is 11.5 Å². The van der Waals surface area contributed by atoms with Gasteiger partial charge < -0.3 is 9.47 Å². The van der Waals surface area contributed by atoms with Gasteiger partial charge in [-0.1, -0.05) is 60.0 Å². The molecule has 0 atom stereocenters. The van der Waals surface area contributed by atoms with Crippen molar-refractivity contribution < 1.29 is 14.3 Å². The number of ether oxygens (including phenoxy) is 2. The van der Waals surface area contributed by atoms with Crippen molar-refractivity contribution in [2.75, 3.05) is 24.4 Å². The summed E-state index contributed by atoms with van der Waals surface area (Å²) in [6, 6.07) is 15.0. The van der Waals surface area contributed by atoms with Crippen molar-refractivity contribution in [1.29, 1.82) is 0 Å². The number of fused-ring (bicyclic) bond motifs is 3. The zero-order valence-electron chi connectivity index (χ0n) is 22.5. The Morgan fingerprint density at radius 2 is 1.90 bits per heavy atom. The Balaban J connectivity index is 1.12. The highest BCUT2D eigenvalue weighted by Crippen LogP contribution is 2.38. The molecule has 1 fully saturated rings. The first-order valence-corrected chi connectivity index (χ1v) is 16.2. The van der Waals surface area contributed by atoms with Crippen molar-refractivity contribution >= 4 is 79.3 Å². The molecule has 0 spiro atoms. The van der Waals surface area contributed by atoms with Gasteiger partial charge >= 0.3 is 0 Å². The van der Waals surface area contributed by atoms with E-state index in [0.717, 1.165) is 40.7 Å². The molecule has 0 bridgehead atoms. The Hall–Kier alpha value is -3.12. The molecule has 0 radical (unpaired) electrons. The van der Waals surface area contributed by atoms with E-state index in [1.54, 1.807) is 35.0 Å². The summed E-state index contributed by atoms with van der Waals surface area (Å²) in [6.45, 7) is 0.408. The van der Waals surface area contributed by atoms with Crippen molar-refractivity contribution in [3.8, 4) is 11.5 Å². The summed E-state index contributed by atoms with van der Waals surface area (Å²) in [5.41, 5.74) is 2.81. The lowest BCUT2D eigenvalue weighted by Gasteiger charge is -2.14. The number of hydrogen-bond donors (Lipinski definition) is 0. The summed E-state index contributed by atoms with van der Waals surface area (Å²) in [7, 11) is 3.38. The number of rotatable bonds is 8. The Morgan fingerprint density at radius 1 is 1.10 bits per heavy atom. The molecule has 4 aromatic rings. The number of carbonyl (C=O) groups is 1. The lowest BCUT2D eigenvalue weighted by Crippen LogP contribution is -2.27. The number of thiocarbonyl (C=S) groups is 1. The molecule has 1 aliphatic carbocycles. The van der Waals surface area contributed by atoms with Crippen LogP contribution in [0.4, 0.5) is 5.69 Å². The number of hydrogen-bond acceptors (Lipinski definition) is 9. The topological polar surface area (TPSA) is 73.7 Å². The standard InChI is InChI=1S/C30H27N3O4S4/c1-32-28(35)25-20-10-6-7-11-23(20)40-26(25)31-29(32)39-15-14-37-21-13-12-18(16-22(21)36-2)17-24-27(34)33(30(38)41-24)19-8-4-3-5-9-19/h3-5,8-9,12-13,16-17H,6-7,10-11,14-15H2,1-2H3/b24-17-. The summed E-state index contributed by atoms with van der Waals surface area (Å²) < 4.78 is 13.8. The van der Waals surface area contributed by atoms with Gasteiger partial charge in [0.2, 0.25) is 0 Å². The van der Waals surface area contributed by atoms with Gasteiger partial charge in [0.1, 0.15) is 4.83 Å². The van der Waals surface area contributed by atoms with Gasteiger partial charge in [-0.3, -0.25) is 19.1 Å². The number of nitrogens with zero attached hydrogens (tertiary/aromatic N) is 3. The quantitative estimate of drug-likeness (QED) is 0.0730. The largest absolute Gasteiger partial charge is 0.493 e. The van der Waals surface area contributed by atoms with Gasteiger partial charge in [-0.25, -0.2) is 4.98 Å². The fraction of sp³-hybridized carbons (Fsp3) is 0.267. The minimum atomic E-state index is -0.147. The van der Waals surface area contributed by atoms with Crippen LogP contribution in [0, 0.1) is 0 Å². The number of anilines is 1. The summed E-state index contributed by atoms with van der Waals surface area (Å²) in [5, 5.41) is 1.50. The fourth-order valence-electron chi connectivity index (χ4n) is 4.99. The average Bonchev–Trinajstić information content (AvgIpc) is 3.50. The zero-order chi connectivity index (χ0) is 28.5. The van der Waals surface area contributed by atoms with Crippen LogP contribution >= 0.6 is 47.1 Å². The van der Waals surface area contributed by atoms with Crippen molar-refractivity contribution in [3.05, 3.63) is 79.8 Å². The summed E-state index contributed by atoms with van der Waals surface area (Å²) in [5.74, 6) is 1.64. The molecule has 11 heteroatoms. The van der Waals surface area contributed by atoms with Gasteiger partial charge in [0, 0.05) is 17.7 Å². The maximum Gasteiger partial charge on any atom is 0.270 e. The second-order valence-corrected chi connectivity index (χ2v) is 13.4. The van der Waals surface area contributed by atoms with Crippen molar-refractivity contribution in [1.82, 2.24) is 9.55 Å². The highest BCUT2D eigenvalue weighted by Gasteiger charge is 2.33. The second kappa shape index (κ2) is 12.0. The van der Waals surface area contributed by atoms with E-state index >= 15 is 0 Å². The predicted octanol–water partition coefficient (Wildman–Crippen LogP) is 6.46. The molecular formula is C30H27N3O4S4.